The molecule has 3 nitrogen and oxygen atoms in total. The topological polar surface area (TPSA) is 51.8 Å². The van der Waals surface area contributed by atoms with Crippen molar-refractivity contribution in [1.29, 1.82) is 0 Å². The minimum atomic E-state index is 0.168. The highest BCUT2D eigenvalue weighted by Crippen LogP contribution is 2.40. The summed E-state index contributed by atoms with van der Waals surface area (Å²) in [5.74, 6) is 2.09. The highest BCUT2D eigenvalue weighted by Gasteiger charge is 2.27. The van der Waals surface area contributed by atoms with E-state index in [9.17, 15) is 0 Å². The quantitative estimate of drug-likeness (QED) is 0.618. The summed E-state index contributed by atoms with van der Waals surface area (Å²) in [5, 5.41) is 0.997. The maximum atomic E-state index is 5.78. The molecule has 1 aliphatic rings. The summed E-state index contributed by atoms with van der Waals surface area (Å²) < 4.78 is 0.168. The number of aromatic nitrogens is 2. The molecule has 0 aromatic carbocycles. The molecule has 0 aliphatic heterocycles. The number of hydrogen-bond acceptors (Lipinski definition) is 4. The molecule has 1 saturated carbocycles. The minimum Gasteiger partial charge on any atom is -0.384 e. The molecule has 2 N–H and O–H groups in total. The third-order valence-electron chi connectivity index (χ3n) is 2.09. The standard InChI is InChI=1S/C11H17N3S/c1-11(2,3)15-9-6-8(12)13-10(14-9)7-4-5-7/h6-7H,4-5H2,1-3H3,(H2,12,13,14). The van der Waals surface area contributed by atoms with E-state index in [1.54, 1.807) is 11.8 Å². The predicted octanol–water partition coefficient (Wildman–Crippen LogP) is 2.83. The highest BCUT2D eigenvalue weighted by molar-refractivity contribution is 8.00. The number of nitrogens with zero attached hydrogens (tertiary/aromatic N) is 2. The Hall–Kier alpha value is -0.770. The van der Waals surface area contributed by atoms with E-state index < -0.39 is 0 Å². The second-order valence-electron chi connectivity index (χ2n) is 4.98. The zero-order valence-electron chi connectivity index (χ0n) is 9.45. The molecule has 1 aromatic heterocycles. The summed E-state index contributed by atoms with van der Waals surface area (Å²) >= 11 is 1.74. The summed E-state index contributed by atoms with van der Waals surface area (Å²) in [6, 6.07) is 1.86. The lowest BCUT2D eigenvalue weighted by Gasteiger charge is -2.17. The molecule has 0 unspecified atom stereocenters. The number of hydrogen-bond donors (Lipinski definition) is 1. The molecule has 0 spiro atoms. The van der Waals surface area contributed by atoms with Crippen LogP contribution in [0.25, 0.3) is 0 Å². The molecule has 82 valence electrons. The minimum absolute atomic E-state index is 0.168. The van der Waals surface area contributed by atoms with Crippen LogP contribution >= 0.6 is 11.8 Å². The number of anilines is 1. The van der Waals surface area contributed by atoms with Crippen molar-refractivity contribution in [2.24, 2.45) is 0 Å². The molecule has 1 fully saturated rings. The lowest BCUT2D eigenvalue weighted by atomic mass is 10.3. The predicted molar refractivity (Wildman–Crippen MR) is 64.0 cm³/mol. The Balaban J connectivity index is 2.23. The fourth-order valence-electron chi connectivity index (χ4n) is 1.35. The second kappa shape index (κ2) is 3.67. The number of rotatable bonds is 2. The van der Waals surface area contributed by atoms with Crippen LogP contribution in [-0.4, -0.2) is 14.7 Å². The van der Waals surface area contributed by atoms with E-state index in [-0.39, 0.29) is 4.75 Å². The van der Waals surface area contributed by atoms with Gasteiger partial charge in [0.15, 0.2) is 0 Å². The first-order valence-corrected chi connectivity index (χ1v) is 6.09. The van der Waals surface area contributed by atoms with Crippen LogP contribution in [0.1, 0.15) is 45.4 Å². The Morgan fingerprint density at radius 2 is 2.00 bits per heavy atom. The van der Waals surface area contributed by atoms with Crippen molar-refractivity contribution in [3.63, 3.8) is 0 Å². The molecule has 0 atom stereocenters. The molecule has 1 aliphatic carbocycles. The van der Waals surface area contributed by atoms with Crippen molar-refractivity contribution in [2.45, 2.75) is 49.3 Å². The van der Waals surface area contributed by atoms with Crippen LogP contribution in [0.5, 0.6) is 0 Å². The van der Waals surface area contributed by atoms with E-state index in [0.29, 0.717) is 11.7 Å². The first-order chi connectivity index (χ1) is 6.94. The van der Waals surface area contributed by atoms with Crippen LogP contribution in [0.3, 0.4) is 0 Å². The van der Waals surface area contributed by atoms with E-state index in [4.69, 9.17) is 5.73 Å². The Morgan fingerprint density at radius 3 is 2.53 bits per heavy atom. The van der Waals surface area contributed by atoms with Crippen molar-refractivity contribution in [3.05, 3.63) is 11.9 Å². The fraction of sp³-hybridized carbons (Fsp3) is 0.636. The van der Waals surface area contributed by atoms with Gasteiger partial charge in [-0.3, -0.25) is 0 Å². The number of nitrogen functional groups attached to an aromatic ring is 1. The van der Waals surface area contributed by atoms with Crippen molar-refractivity contribution in [2.75, 3.05) is 5.73 Å². The van der Waals surface area contributed by atoms with Crippen LogP contribution < -0.4 is 5.73 Å². The van der Waals surface area contributed by atoms with Crippen molar-refractivity contribution in [3.8, 4) is 0 Å². The van der Waals surface area contributed by atoms with E-state index in [1.807, 2.05) is 6.07 Å². The van der Waals surface area contributed by atoms with Crippen LogP contribution in [0.2, 0.25) is 0 Å². The van der Waals surface area contributed by atoms with Gasteiger partial charge in [-0.05, 0) is 12.8 Å². The summed E-state index contributed by atoms with van der Waals surface area (Å²) in [5.41, 5.74) is 5.78. The van der Waals surface area contributed by atoms with E-state index in [0.717, 1.165) is 10.9 Å². The highest BCUT2D eigenvalue weighted by atomic mass is 32.2. The average Bonchev–Trinajstić information content (AvgIpc) is 2.80. The summed E-state index contributed by atoms with van der Waals surface area (Å²) in [6.07, 6.45) is 2.42. The van der Waals surface area contributed by atoms with Gasteiger partial charge in [0.25, 0.3) is 0 Å². The molecular weight excluding hydrogens is 206 g/mol. The number of thioether (sulfide) groups is 1. The van der Waals surface area contributed by atoms with Gasteiger partial charge in [0.2, 0.25) is 0 Å². The lowest BCUT2D eigenvalue weighted by molar-refractivity contribution is 0.794. The van der Waals surface area contributed by atoms with Crippen LogP contribution in [-0.2, 0) is 0 Å². The van der Waals surface area contributed by atoms with Gasteiger partial charge in [-0.25, -0.2) is 9.97 Å². The van der Waals surface area contributed by atoms with Crippen LogP contribution in [0.15, 0.2) is 11.1 Å². The maximum Gasteiger partial charge on any atom is 0.135 e. The van der Waals surface area contributed by atoms with Crippen LogP contribution in [0.4, 0.5) is 5.82 Å². The molecule has 0 bridgehead atoms. The molecular formula is C11H17N3S. The Labute approximate surface area is 94.9 Å². The van der Waals surface area contributed by atoms with E-state index in [2.05, 4.69) is 30.7 Å². The summed E-state index contributed by atoms with van der Waals surface area (Å²) in [7, 11) is 0. The molecule has 2 rings (SSSR count). The van der Waals surface area contributed by atoms with E-state index in [1.165, 1.54) is 12.8 Å². The molecule has 0 amide bonds. The zero-order chi connectivity index (χ0) is 11.1. The molecule has 1 heterocycles. The molecule has 4 heteroatoms. The van der Waals surface area contributed by atoms with Crippen molar-refractivity contribution >= 4 is 17.6 Å². The normalized spacial score (nSPS) is 16.7. The first-order valence-electron chi connectivity index (χ1n) is 5.27. The first kappa shape index (κ1) is 10.7. The molecule has 0 saturated heterocycles. The average molecular weight is 223 g/mol. The summed E-state index contributed by atoms with van der Waals surface area (Å²) in [4.78, 5) is 8.83. The third-order valence-corrected chi connectivity index (χ3v) is 3.12. The zero-order valence-corrected chi connectivity index (χ0v) is 10.3. The number of nitrogens with two attached hydrogens (primary N) is 1. The maximum absolute atomic E-state index is 5.78. The van der Waals surface area contributed by atoms with Gasteiger partial charge in [0, 0.05) is 16.7 Å². The lowest BCUT2D eigenvalue weighted by Crippen LogP contribution is -2.09. The second-order valence-corrected chi connectivity index (χ2v) is 6.83. The van der Waals surface area contributed by atoms with Gasteiger partial charge in [-0.1, -0.05) is 20.8 Å². The van der Waals surface area contributed by atoms with Crippen molar-refractivity contribution < 1.29 is 0 Å². The molecule has 0 radical (unpaired) electrons. The Bertz CT molecular complexity index is 367. The van der Waals surface area contributed by atoms with Gasteiger partial charge < -0.3 is 5.73 Å². The van der Waals surface area contributed by atoms with Gasteiger partial charge in [0.05, 0.1) is 0 Å². The largest absolute Gasteiger partial charge is 0.384 e. The monoisotopic (exact) mass is 223 g/mol. The fourth-order valence-corrected chi connectivity index (χ4v) is 2.30. The van der Waals surface area contributed by atoms with Crippen molar-refractivity contribution in [1.82, 2.24) is 9.97 Å². The third kappa shape index (κ3) is 3.09. The van der Waals surface area contributed by atoms with E-state index >= 15 is 0 Å². The Kier molecular flexibility index (Phi) is 2.63. The van der Waals surface area contributed by atoms with Gasteiger partial charge in [-0.2, -0.15) is 0 Å². The Morgan fingerprint density at radius 1 is 1.33 bits per heavy atom. The molecule has 15 heavy (non-hydrogen) atoms. The van der Waals surface area contributed by atoms with Gasteiger partial charge >= 0.3 is 0 Å². The van der Waals surface area contributed by atoms with Gasteiger partial charge in [-0.15, -0.1) is 11.8 Å². The molecule has 1 aromatic rings. The smallest absolute Gasteiger partial charge is 0.135 e. The summed E-state index contributed by atoms with van der Waals surface area (Å²) in [6.45, 7) is 6.52. The van der Waals surface area contributed by atoms with Crippen LogP contribution in [0, 0.1) is 0 Å². The van der Waals surface area contributed by atoms with Gasteiger partial charge in [0.1, 0.15) is 16.7 Å². The SMILES string of the molecule is CC(C)(C)Sc1cc(N)nc(C2CC2)n1.